The Hall–Kier alpha value is -1.02. The SMILES string of the molecule is CCCOc1ccccc1C.O. The van der Waals surface area contributed by atoms with Crippen molar-refractivity contribution in [2.45, 2.75) is 20.3 Å². The summed E-state index contributed by atoms with van der Waals surface area (Å²) in [5.74, 6) is 1.01. The molecule has 0 aromatic heterocycles. The Morgan fingerprint density at radius 2 is 1.92 bits per heavy atom. The van der Waals surface area contributed by atoms with Crippen LogP contribution in [0, 0.1) is 6.92 Å². The van der Waals surface area contributed by atoms with Gasteiger partial charge in [0.25, 0.3) is 0 Å². The van der Waals surface area contributed by atoms with Crippen LogP contribution >= 0.6 is 0 Å². The first-order chi connectivity index (χ1) is 5.34. The Morgan fingerprint density at radius 1 is 1.25 bits per heavy atom. The third kappa shape index (κ3) is 2.93. The molecule has 68 valence electrons. The second kappa shape index (κ2) is 5.61. The number of benzene rings is 1. The molecule has 2 heteroatoms. The van der Waals surface area contributed by atoms with E-state index in [1.54, 1.807) is 0 Å². The molecule has 0 saturated carbocycles. The second-order valence-corrected chi connectivity index (χ2v) is 2.61. The summed E-state index contributed by atoms with van der Waals surface area (Å²) in [5.41, 5.74) is 1.21. The van der Waals surface area contributed by atoms with E-state index in [2.05, 4.69) is 19.9 Å². The van der Waals surface area contributed by atoms with Crippen molar-refractivity contribution in [3.05, 3.63) is 29.8 Å². The summed E-state index contributed by atoms with van der Waals surface area (Å²) >= 11 is 0. The van der Waals surface area contributed by atoms with Crippen molar-refractivity contribution in [2.24, 2.45) is 0 Å². The lowest BCUT2D eigenvalue weighted by atomic mass is 10.2. The number of para-hydroxylation sites is 1. The molecule has 0 bridgehead atoms. The van der Waals surface area contributed by atoms with Gasteiger partial charge in [0.15, 0.2) is 0 Å². The van der Waals surface area contributed by atoms with Crippen LogP contribution in [0.2, 0.25) is 0 Å². The number of ether oxygens (including phenoxy) is 1. The maximum absolute atomic E-state index is 5.49. The van der Waals surface area contributed by atoms with Gasteiger partial charge in [-0.05, 0) is 25.0 Å². The molecule has 0 radical (unpaired) electrons. The minimum atomic E-state index is 0. The van der Waals surface area contributed by atoms with Crippen LogP contribution in [0.1, 0.15) is 18.9 Å². The standard InChI is InChI=1S/C10H14O.H2O/c1-3-8-11-10-7-5-4-6-9(10)2;/h4-7H,3,8H2,1-2H3;1H2. The Morgan fingerprint density at radius 3 is 2.50 bits per heavy atom. The number of rotatable bonds is 3. The lowest BCUT2D eigenvalue weighted by molar-refractivity contribution is 0.315. The zero-order valence-corrected chi connectivity index (χ0v) is 7.63. The van der Waals surface area contributed by atoms with E-state index in [1.807, 2.05) is 18.2 Å². The lowest BCUT2D eigenvalue weighted by Gasteiger charge is -2.06. The minimum Gasteiger partial charge on any atom is -0.493 e. The van der Waals surface area contributed by atoms with Gasteiger partial charge in [-0.15, -0.1) is 0 Å². The largest absolute Gasteiger partial charge is 0.493 e. The fraction of sp³-hybridized carbons (Fsp3) is 0.400. The zero-order valence-electron chi connectivity index (χ0n) is 7.63. The van der Waals surface area contributed by atoms with Gasteiger partial charge in [-0.25, -0.2) is 0 Å². The van der Waals surface area contributed by atoms with Gasteiger partial charge in [0.1, 0.15) is 5.75 Å². The van der Waals surface area contributed by atoms with Gasteiger partial charge >= 0.3 is 0 Å². The fourth-order valence-electron chi connectivity index (χ4n) is 0.930. The average Bonchev–Trinajstić information content (AvgIpc) is 2.03. The highest BCUT2D eigenvalue weighted by atomic mass is 16.5. The topological polar surface area (TPSA) is 40.7 Å². The first-order valence-corrected chi connectivity index (χ1v) is 4.03. The number of hydrogen-bond donors (Lipinski definition) is 0. The fourth-order valence-corrected chi connectivity index (χ4v) is 0.930. The maximum Gasteiger partial charge on any atom is 0.122 e. The normalized spacial score (nSPS) is 8.83. The third-order valence-corrected chi connectivity index (χ3v) is 1.56. The van der Waals surface area contributed by atoms with Gasteiger partial charge in [0.05, 0.1) is 6.61 Å². The van der Waals surface area contributed by atoms with E-state index in [0.29, 0.717) is 0 Å². The molecule has 1 rings (SSSR count). The van der Waals surface area contributed by atoms with Gasteiger partial charge in [-0.3, -0.25) is 0 Å². The summed E-state index contributed by atoms with van der Waals surface area (Å²) in [5, 5.41) is 0. The molecule has 0 amide bonds. The molecule has 0 aliphatic carbocycles. The van der Waals surface area contributed by atoms with Crippen LogP contribution in [0.5, 0.6) is 5.75 Å². The first-order valence-electron chi connectivity index (χ1n) is 4.03. The summed E-state index contributed by atoms with van der Waals surface area (Å²) in [4.78, 5) is 0. The molecule has 0 aliphatic rings. The van der Waals surface area contributed by atoms with Gasteiger partial charge in [-0.2, -0.15) is 0 Å². The van der Waals surface area contributed by atoms with E-state index in [9.17, 15) is 0 Å². The van der Waals surface area contributed by atoms with Crippen LogP contribution < -0.4 is 4.74 Å². The Bertz CT molecular complexity index is 221. The van der Waals surface area contributed by atoms with E-state index in [4.69, 9.17) is 4.74 Å². The molecule has 2 nitrogen and oxygen atoms in total. The molecule has 2 N–H and O–H groups in total. The maximum atomic E-state index is 5.49. The minimum absolute atomic E-state index is 0. The predicted octanol–water partition coefficient (Wildman–Crippen LogP) is 1.96. The smallest absolute Gasteiger partial charge is 0.122 e. The Balaban J connectivity index is 0.00000121. The summed E-state index contributed by atoms with van der Waals surface area (Å²) in [7, 11) is 0. The van der Waals surface area contributed by atoms with E-state index in [-0.39, 0.29) is 5.48 Å². The van der Waals surface area contributed by atoms with E-state index in [0.717, 1.165) is 18.8 Å². The molecule has 0 unspecified atom stereocenters. The Labute approximate surface area is 73.5 Å². The predicted molar refractivity (Wildman–Crippen MR) is 50.6 cm³/mol. The molecular weight excluding hydrogens is 152 g/mol. The van der Waals surface area contributed by atoms with Crippen molar-refractivity contribution in [1.82, 2.24) is 0 Å². The highest BCUT2D eigenvalue weighted by Crippen LogP contribution is 2.15. The van der Waals surface area contributed by atoms with Gasteiger partial charge in [0.2, 0.25) is 0 Å². The van der Waals surface area contributed by atoms with Gasteiger partial charge in [-0.1, -0.05) is 25.1 Å². The van der Waals surface area contributed by atoms with E-state index in [1.165, 1.54) is 5.56 Å². The van der Waals surface area contributed by atoms with Crippen molar-refractivity contribution < 1.29 is 10.2 Å². The van der Waals surface area contributed by atoms with Crippen LogP contribution in [0.25, 0.3) is 0 Å². The summed E-state index contributed by atoms with van der Waals surface area (Å²) in [6.45, 7) is 4.98. The molecule has 0 atom stereocenters. The summed E-state index contributed by atoms with van der Waals surface area (Å²) in [6.07, 6.45) is 1.06. The lowest BCUT2D eigenvalue weighted by Crippen LogP contribution is -1.95. The molecular formula is C10H16O2. The summed E-state index contributed by atoms with van der Waals surface area (Å²) in [6, 6.07) is 8.09. The monoisotopic (exact) mass is 168 g/mol. The average molecular weight is 168 g/mol. The highest BCUT2D eigenvalue weighted by molar-refractivity contribution is 5.31. The molecule has 0 heterocycles. The van der Waals surface area contributed by atoms with Crippen molar-refractivity contribution >= 4 is 0 Å². The molecule has 0 saturated heterocycles. The molecule has 1 aromatic carbocycles. The van der Waals surface area contributed by atoms with Crippen LogP contribution in [0.15, 0.2) is 24.3 Å². The molecule has 12 heavy (non-hydrogen) atoms. The van der Waals surface area contributed by atoms with Crippen molar-refractivity contribution in [3.8, 4) is 5.75 Å². The van der Waals surface area contributed by atoms with E-state index >= 15 is 0 Å². The quantitative estimate of drug-likeness (QED) is 0.680. The molecule has 0 fully saturated rings. The molecule has 0 aliphatic heterocycles. The molecule has 1 aromatic rings. The number of hydrogen-bond acceptors (Lipinski definition) is 1. The van der Waals surface area contributed by atoms with Crippen LogP contribution in [-0.2, 0) is 0 Å². The Kier molecular flexibility index (Phi) is 5.13. The van der Waals surface area contributed by atoms with E-state index < -0.39 is 0 Å². The highest BCUT2D eigenvalue weighted by Gasteiger charge is 1.94. The van der Waals surface area contributed by atoms with Gasteiger partial charge < -0.3 is 10.2 Å². The van der Waals surface area contributed by atoms with Crippen molar-refractivity contribution in [1.29, 1.82) is 0 Å². The zero-order chi connectivity index (χ0) is 8.10. The summed E-state index contributed by atoms with van der Waals surface area (Å²) < 4.78 is 5.49. The van der Waals surface area contributed by atoms with Crippen molar-refractivity contribution in [2.75, 3.05) is 6.61 Å². The number of aryl methyl sites for hydroxylation is 1. The van der Waals surface area contributed by atoms with Gasteiger partial charge in [0, 0.05) is 0 Å². The first kappa shape index (κ1) is 11.0. The van der Waals surface area contributed by atoms with Crippen LogP contribution in [0.3, 0.4) is 0 Å². The van der Waals surface area contributed by atoms with Crippen LogP contribution in [0.4, 0.5) is 0 Å². The second-order valence-electron chi connectivity index (χ2n) is 2.61. The van der Waals surface area contributed by atoms with Crippen molar-refractivity contribution in [3.63, 3.8) is 0 Å². The third-order valence-electron chi connectivity index (χ3n) is 1.56. The molecule has 0 spiro atoms. The van der Waals surface area contributed by atoms with Crippen LogP contribution in [-0.4, -0.2) is 12.1 Å².